The minimum absolute atomic E-state index is 0.0793. The summed E-state index contributed by atoms with van der Waals surface area (Å²) in [5.74, 6) is -0.552. The van der Waals surface area contributed by atoms with Gasteiger partial charge in [0, 0.05) is 44.5 Å². The number of thioether (sulfide) groups is 1. The Morgan fingerprint density at radius 2 is 1.67 bits per heavy atom. The van der Waals surface area contributed by atoms with Crippen LogP contribution in [-0.4, -0.2) is 35.1 Å². The van der Waals surface area contributed by atoms with Crippen molar-refractivity contribution in [3.63, 3.8) is 0 Å². The monoisotopic (exact) mass is 638 g/mol. The first-order valence-electron chi connectivity index (χ1n) is 14.2. The van der Waals surface area contributed by atoms with Crippen molar-refractivity contribution in [1.82, 2.24) is 10.3 Å². The quantitative estimate of drug-likeness (QED) is 0.0873. The van der Waals surface area contributed by atoms with Crippen LogP contribution in [0.2, 0.25) is 5.02 Å². The molecule has 1 atom stereocenters. The first-order chi connectivity index (χ1) is 21.8. The molecule has 0 saturated carbocycles. The van der Waals surface area contributed by atoms with Crippen molar-refractivity contribution in [3.05, 3.63) is 125 Å². The Bertz CT molecular complexity index is 1870. The molecule has 0 fully saturated rings. The van der Waals surface area contributed by atoms with E-state index >= 15 is 0 Å². The SMILES string of the molecule is CCC(Sc1cccc(NC(=O)/C(=C/c2c[nH]c3ccccc23)NC(=O)c2ccccc2)c1)C(=O)Nc1ccc(OC)c(Cl)c1. The maximum atomic E-state index is 13.6. The normalized spacial score (nSPS) is 11.9. The Kier molecular flexibility index (Phi) is 10.2. The Morgan fingerprint density at radius 1 is 0.911 bits per heavy atom. The first kappa shape index (κ1) is 31.4. The number of ether oxygens (including phenoxy) is 1. The molecule has 0 aliphatic rings. The molecular weight excluding hydrogens is 608 g/mol. The fourth-order valence-corrected chi connectivity index (χ4v) is 5.88. The average Bonchev–Trinajstić information content (AvgIpc) is 3.46. The number of aromatic nitrogens is 1. The Hall–Kier alpha value is -4.99. The van der Waals surface area contributed by atoms with Crippen LogP contribution in [-0.2, 0) is 9.59 Å². The van der Waals surface area contributed by atoms with Crippen molar-refractivity contribution in [1.29, 1.82) is 0 Å². The topological polar surface area (TPSA) is 112 Å². The smallest absolute Gasteiger partial charge is 0.272 e. The van der Waals surface area contributed by atoms with Gasteiger partial charge < -0.3 is 25.7 Å². The minimum Gasteiger partial charge on any atom is -0.495 e. The molecule has 0 bridgehead atoms. The highest BCUT2D eigenvalue weighted by Gasteiger charge is 2.20. The number of carbonyl (C=O) groups is 3. The number of anilines is 2. The molecule has 0 saturated heterocycles. The summed E-state index contributed by atoms with van der Waals surface area (Å²) in [6.45, 7) is 1.93. The number of nitrogens with one attached hydrogen (secondary N) is 4. The third-order valence-corrected chi connectivity index (χ3v) is 8.56. The van der Waals surface area contributed by atoms with Crippen molar-refractivity contribution in [2.75, 3.05) is 17.7 Å². The summed E-state index contributed by atoms with van der Waals surface area (Å²) >= 11 is 7.60. The summed E-state index contributed by atoms with van der Waals surface area (Å²) in [6.07, 6.45) is 4.01. The summed E-state index contributed by atoms with van der Waals surface area (Å²) in [7, 11) is 1.53. The summed E-state index contributed by atoms with van der Waals surface area (Å²) in [5, 5.41) is 9.51. The maximum absolute atomic E-state index is 13.6. The Morgan fingerprint density at radius 3 is 2.42 bits per heavy atom. The number of para-hydroxylation sites is 1. The van der Waals surface area contributed by atoms with Gasteiger partial charge in [0.15, 0.2) is 0 Å². The number of aromatic amines is 1. The van der Waals surface area contributed by atoms with Crippen LogP contribution in [0.3, 0.4) is 0 Å². The van der Waals surface area contributed by atoms with E-state index in [1.807, 2.05) is 43.3 Å². The van der Waals surface area contributed by atoms with Gasteiger partial charge >= 0.3 is 0 Å². The summed E-state index contributed by atoms with van der Waals surface area (Å²) in [6, 6.07) is 28.7. The molecule has 45 heavy (non-hydrogen) atoms. The van der Waals surface area contributed by atoms with Crippen molar-refractivity contribution in [2.24, 2.45) is 0 Å². The molecule has 1 heterocycles. The highest BCUT2D eigenvalue weighted by molar-refractivity contribution is 8.00. The van der Waals surface area contributed by atoms with Gasteiger partial charge in [0.25, 0.3) is 11.8 Å². The molecule has 228 valence electrons. The van der Waals surface area contributed by atoms with E-state index < -0.39 is 17.1 Å². The largest absolute Gasteiger partial charge is 0.495 e. The number of fused-ring (bicyclic) bond motifs is 1. The third-order valence-electron chi connectivity index (χ3n) is 6.90. The van der Waals surface area contributed by atoms with E-state index in [9.17, 15) is 14.4 Å². The number of carbonyl (C=O) groups excluding carboxylic acids is 3. The second-order valence-corrected chi connectivity index (χ2v) is 11.7. The highest BCUT2D eigenvalue weighted by Crippen LogP contribution is 2.31. The zero-order valence-corrected chi connectivity index (χ0v) is 26.2. The predicted octanol–water partition coefficient (Wildman–Crippen LogP) is 7.75. The average molecular weight is 639 g/mol. The Balaban J connectivity index is 1.33. The zero-order chi connectivity index (χ0) is 31.8. The molecule has 10 heteroatoms. The third kappa shape index (κ3) is 7.94. The molecule has 0 radical (unpaired) electrons. The van der Waals surface area contributed by atoms with Gasteiger partial charge in [0.1, 0.15) is 11.4 Å². The molecule has 4 aromatic carbocycles. The molecule has 5 aromatic rings. The van der Waals surface area contributed by atoms with Crippen molar-refractivity contribution in [2.45, 2.75) is 23.5 Å². The number of amides is 3. The molecule has 1 unspecified atom stereocenters. The first-order valence-corrected chi connectivity index (χ1v) is 15.5. The number of hydrogen-bond acceptors (Lipinski definition) is 5. The van der Waals surface area contributed by atoms with E-state index in [2.05, 4.69) is 20.9 Å². The lowest BCUT2D eigenvalue weighted by molar-refractivity contribution is -0.116. The maximum Gasteiger partial charge on any atom is 0.272 e. The van der Waals surface area contributed by atoms with Gasteiger partial charge in [0.2, 0.25) is 5.91 Å². The van der Waals surface area contributed by atoms with Crippen molar-refractivity contribution in [3.8, 4) is 5.75 Å². The standard InChI is InChI=1S/C35H31ClN4O4S/c1-3-32(35(43)39-25-16-17-31(44-2)28(36)20-25)45-26-13-9-12-24(19-26)38-34(42)30(40-33(41)22-10-5-4-6-11-22)18-23-21-37-29-15-8-7-14-27(23)29/h4-21,32,37H,3H2,1-2H3,(H,38,42)(H,39,43)(H,40,41)/b30-18-. The molecule has 8 nitrogen and oxygen atoms in total. The fraction of sp³-hybridized carbons (Fsp3) is 0.114. The molecule has 0 aliphatic heterocycles. The van der Waals surface area contributed by atoms with Gasteiger partial charge in [-0.15, -0.1) is 11.8 Å². The molecule has 1 aromatic heterocycles. The molecule has 3 amide bonds. The fourth-order valence-electron chi connectivity index (χ4n) is 4.61. The van der Waals surface area contributed by atoms with Gasteiger partial charge in [-0.1, -0.05) is 61.0 Å². The van der Waals surface area contributed by atoms with E-state index in [-0.39, 0.29) is 11.6 Å². The van der Waals surface area contributed by atoms with Crippen LogP contribution >= 0.6 is 23.4 Å². The number of H-pyrrole nitrogens is 1. The molecule has 5 rings (SSSR count). The van der Waals surface area contributed by atoms with E-state index in [1.54, 1.807) is 72.9 Å². The molecule has 0 spiro atoms. The summed E-state index contributed by atoms with van der Waals surface area (Å²) in [5.41, 5.74) is 3.25. The molecular formula is C35H31ClN4O4S. The minimum atomic E-state index is -0.493. The van der Waals surface area contributed by atoms with Gasteiger partial charge in [-0.25, -0.2) is 0 Å². The van der Waals surface area contributed by atoms with E-state index in [0.29, 0.717) is 34.1 Å². The molecule has 0 aliphatic carbocycles. The summed E-state index contributed by atoms with van der Waals surface area (Å²) in [4.78, 5) is 43.8. The van der Waals surface area contributed by atoms with Crippen LogP contribution < -0.4 is 20.7 Å². The van der Waals surface area contributed by atoms with Crippen LogP contribution in [0, 0.1) is 0 Å². The zero-order valence-electron chi connectivity index (χ0n) is 24.6. The molecule has 4 N–H and O–H groups in total. The van der Waals surface area contributed by atoms with Gasteiger partial charge in [0.05, 0.1) is 17.4 Å². The predicted molar refractivity (Wildman–Crippen MR) is 182 cm³/mol. The number of hydrogen-bond donors (Lipinski definition) is 4. The Labute approximate surface area is 270 Å². The lowest BCUT2D eigenvalue weighted by Gasteiger charge is -2.16. The van der Waals surface area contributed by atoms with Gasteiger partial charge in [-0.05, 0) is 67.1 Å². The van der Waals surface area contributed by atoms with E-state index in [4.69, 9.17) is 16.3 Å². The van der Waals surface area contributed by atoms with E-state index in [0.717, 1.165) is 21.4 Å². The van der Waals surface area contributed by atoms with Crippen molar-refractivity contribution >= 4 is 69.4 Å². The van der Waals surface area contributed by atoms with Crippen LogP contribution in [0.4, 0.5) is 11.4 Å². The van der Waals surface area contributed by atoms with Gasteiger partial charge in [-0.2, -0.15) is 0 Å². The number of rotatable bonds is 11. The van der Waals surface area contributed by atoms with Crippen LogP contribution in [0.5, 0.6) is 5.75 Å². The van der Waals surface area contributed by atoms with Crippen LogP contribution in [0.15, 0.2) is 114 Å². The lowest BCUT2D eigenvalue weighted by atomic mass is 10.1. The summed E-state index contributed by atoms with van der Waals surface area (Å²) < 4.78 is 5.18. The van der Waals surface area contributed by atoms with E-state index in [1.165, 1.54) is 18.9 Å². The van der Waals surface area contributed by atoms with Crippen molar-refractivity contribution < 1.29 is 19.1 Å². The highest BCUT2D eigenvalue weighted by atomic mass is 35.5. The van der Waals surface area contributed by atoms with Gasteiger partial charge in [-0.3, -0.25) is 14.4 Å². The van der Waals surface area contributed by atoms with Crippen LogP contribution in [0.1, 0.15) is 29.3 Å². The number of methoxy groups -OCH3 is 1. The lowest BCUT2D eigenvalue weighted by Crippen LogP contribution is -2.30. The second-order valence-electron chi connectivity index (χ2n) is 10.0. The number of halogens is 1. The van der Waals surface area contributed by atoms with Crippen LogP contribution in [0.25, 0.3) is 17.0 Å². The number of benzene rings is 4. The second kappa shape index (κ2) is 14.7.